The van der Waals surface area contributed by atoms with E-state index in [9.17, 15) is 0 Å². The minimum atomic E-state index is 0.572. The Labute approximate surface area is 97.9 Å². The standard InChI is InChI=1S/C12H11N5/c13-12-11(8-14-16-12)9-3-1-4-10(7-9)17-6-2-5-15-17/h1-8H,(H3,13,14,16). The van der Waals surface area contributed by atoms with Crippen LogP contribution in [0.1, 0.15) is 0 Å². The maximum Gasteiger partial charge on any atom is 0.126 e. The molecule has 5 heteroatoms. The van der Waals surface area contributed by atoms with Crippen LogP contribution >= 0.6 is 0 Å². The number of benzene rings is 1. The van der Waals surface area contributed by atoms with Crippen molar-refractivity contribution < 1.29 is 0 Å². The lowest BCUT2D eigenvalue weighted by molar-refractivity contribution is 0.881. The van der Waals surface area contributed by atoms with Crippen molar-refractivity contribution in [1.82, 2.24) is 20.0 Å². The fourth-order valence-corrected chi connectivity index (χ4v) is 1.76. The first-order valence-corrected chi connectivity index (χ1v) is 5.24. The van der Waals surface area contributed by atoms with E-state index in [4.69, 9.17) is 5.73 Å². The zero-order valence-corrected chi connectivity index (χ0v) is 9.04. The molecule has 2 aromatic heterocycles. The second kappa shape index (κ2) is 3.79. The van der Waals surface area contributed by atoms with E-state index < -0.39 is 0 Å². The molecule has 0 saturated carbocycles. The third-order valence-electron chi connectivity index (χ3n) is 2.59. The highest BCUT2D eigenvalue weighted by Crippen LogP contribution is 2.25. The highest BCUT2D eigenvalue weighted by Gasteiger charge is 2.05. The van der Waals surface area contributed by atoms with Crippen molar-refractivity contribution in [3.8, 4) is 16.8 Å². The van der Waals surface area contributed by atoms with Crippen LogP contribution in [0.25, 0.3) is 16.8 Å². The smallest absolute Gasteiger partial charge is 0.126 e. The molecule has 0 aliphatic heterocycles. The Hall–Kier alpha value is -2.56. The van der Waals surface area contributed by atoms with Crippen LogP contribution in [0.3, 0.4) is 0 Å². The molecule has 0 aliphatic rings. The van der Waals surface area contributed by atoms with E-state index in [2.05, 4.69) is 15.3 Å². The summed E-state index contributed by atoms with van der Waals surface area (Å²) in [6, 6.07) is 9.87. The zero-order chi connectivity index (χ0) is 11.7. The summed E-state index contributed by atoms with van der Waals surface area (Å²) in [5.74, 6) is 0.572. The maximum atomic E-state index is 5.80. The zero-order valence-electron chi connectivity index (χ0n) is 9.04. The van der Waals surface area contributed by atoms with E-state index in [1.165, 1.54) is 0 Å². The SMILES string of the molecule is Nc1[nH]ncc1-c1cccc(-n2cccn2)c1. The number of nitrogens with one attached hydrogen (secondary N) is 1. The van der Waals surface area contributed by atoms with E-state index in [0.29, 0.717) is 5.82 Å². The van der Waals surface area contributed by atoms with Crippen molar-refractivity contribution in [2.24, 2.45) is 0 Å². The first kappa shape index (κ1) is 9.65. The Kier molecular flexibility index (Phi) is 2.15. The number of aromatic amines is 1. The molecule has 1 aromatic carbocycles. The highest BCUT2D eigenvalue weighted by molar-refractivity contribution is 5.74. The predicted molar refractivity (Wildman–Crippen MR) is 65.6 cm³/mol. The van der Waals surface area contributed by atoms with Gasteiger partial charge in [-0.1, -0.05) is 12.1 Å². The van der Waals surface area contributed by atoms with Gasteiger partial charge < -0.3 is 5.73 Å². The van der Waals surface area contributed by atoms with Gasteiger partial charge in [0.1, 0.15) is 5.82 Å². The van der Waals surface area contributed by atoms with Gasteiger partial charge in [0, 0.05) is 18.0 Å². The molecule has 3 rings (SSSR count). The quantitative estimate of drug-likeness (QED) is 0.699. The number of aromatic nitrogens is 4. The molecule has 0 radical (unpaired) electrons. The summed E-state index contributed by atoms with van der Waals surface area (Å²) in [6.45, 7) is 0. The van der Waals surface area contributed by atoms with Gasteiger partial charge in [-0.3, -0.25) is 5.10 Å². The van der Waals surface area contributed by atoms with Crippen LogP contribution in [0, 0.1) is 0 Å². The van der Waals surface area contributed by atoms with Crippen LogP contribution in [0.5, 0.6) is 0 Å². The van der Waals surface area contributed by atoms with E-state index >= 15 is 0 Å². The monoisotopic (exact) mass is 225 g/mol. The van der Waals surface area contributed by atoms with Gasteiger partial charge in [-0.25, -0.2) is 4.68 Å². The minimum absolute atomic E-state index is 0.572. The lowest BCUT2D eigenvalue weighted by Gasteiger charge is -2.04. The molecule has 0 unspecified atom stereocenters. The second-order valence-electron chi connectivity index (χ2n) is 3.70. The molecular formula is C12H11N5. The van der Waals surface area contributed by atoms with Crippen molar-refractivity contribution in [3.05, 3.63) is 48.9 Å². The molecule has 0 bridgehead atoms. The van der Waals surface area contributed by atoms with Crippen LogP contribution in [0.15, 0.2) is 48.9 Å². The molecule has 0 atom stereocenters. The van der Waals surface area contributed by atoms with Crippen LogP contribution < -0.4 is 5.73 Å². The largest absolute Gasteiger partial charge is 0.384 e. The Balaban J connectivity index is 2.09. The molecule has 84 valence electrons. The van der Waals surface area contributed by atoms with Gasteiger partial charge in [0.2, 0.25) is 0 Å². The Bertz CT molecular complexity index is 624. The maximum absolute atomic E-state index is 5.80. The third-order valence-corrected chi connectivity index (χ3v) is 2.59. The Morgan fingerprint density at radius 2 is 2.18 bits per heavy atom. The lowest BCUT2D eigenvalue weighted by atomic mass is 10.1. The van der Waals surface area contributed by atoms with Gasteiger partial charge in [-0.2, -0.15) is 10.2 Å². The summed E-state index contributed by atoms with van der Waals surface area (Å²) in [7, 11) is 0. The van der Waals surface area contributed by atoms with Gasteiger partial charge in [-0.05, 0) is 23.8 Å². The number of nitrogen functional groups attached to an aromatic ring is 1. The van der Waals surface area contributed by atoms with Gasteiger partial charge in [0.15, 0.2) is 0 Å². The summed E-state index contributed by atoms with van der Waals surface area (Å²) in [6.07, 6.45) is 5.37. The summed E-state index contributed by atoms with van der Waals surface area (Å²) >= 11 is 0. The molecule has 3 aromatic rings. The van der Waals surface area contributed by atoms with Crippen molar-refractivity contribution >= 4 is 5.82 Å². The van der Waals surface area contributed by atoms with E-state index in [-0.39, 0.29) is 0 Å². The van der Waals surface area contributed by atoms with E-state index in [0.717, 1.165) is 16.8 Å². The highest BCUT2D eigenvalue weighted by atomic mass is 15.3. The van der Waals surface area contributed by atoms with Crippen LogP contribution in [0.2, 0.25) is 0 Å². The van der Waals surface area contributed by atoms with Crippen LogP contribution in [-0.4, -0.2) is 20.0 Å². The molecule has 0 amide bonds. The summed E-state index contributed by atoms with van der Waals surface area (Å²) in [4.78, 5) is 0. The number of nitrogens with zero attached hydrogens (tertiary/aromatic N) is 3. The average Bonchev–Trinajstić information content (AvgIpc) is 2.99. The molecule has 17 heavy (non-hydrogen) atoms. The molecule has 0 spiro atoms. The topological polar surface area (TPSA) is 72.5 Å². The molecule has 0 fully saturated rings. The average molecular weight is 225 g/mol. The second-order valence-corrected chi connectivity index (χ2v) is 3.70. The number of rotatable bonds is 2. The minimum Gasteiger partial charge on any atom is -0.384 e. The van der Waals surface area contributed by atoms with Crippen molar-refractivity contribution in [1.29, 1.82) is 0 Å². The first-order valence-electron chi connectivity index (χ1n) is 5.24. The summed E-state index contributed by atoms with van der Waals surface area (Å²) < 4.78 is 1.81. The van der Waals surface area contributed by atoms with Crippen molar-refractivity contribution in [2.45, 2.75) is 0 Å². The number of hydrogen-bond donors (Lipinski definition) is 2. The molecular weight excluding hydrogens is 214 g/mol. The van der Waals surface area contributed by atoms with Gasteiger partial charge >= 0.3 is 0 Å². The fraction of sp³-hybridized carbons (Fsp3) is 0. The summed E-state index contributed by atoms with van der Waals surface area (Å²) in [5, 5.41) is 10.8. The van der Waals surface area contributed by atoms with Crippen LogP contribution in [-0.2, 0) is 0 Å². The normalized spacial score (nSPS) is 10.6. The Morgan fingerprint density at radius 1 is 1.24 bits per heavy atom. The lowest BCUT2D eigenvalue weighted by Crippen LogP contribution is -1.94. The molecule has 5 nitrogen and oxygen atoms in total. The van der Waals surface area contributed by atoms with E-state index in [1.807, 2.05) is 36.5 Å². The molecule has 2 heterocycles. The molecule has 0 saturated heterocycles. The van der Waals surface area contributed by atoms with Crippen molar-refractivity contribution in [2.75, 3.05) is 5.73 Å². The number of hydrogen-bond acceptors (Lipinski definition) is 3. The van der Waals surface area contributed by atoms with Gasteiger partial charge in [-0.15, -0.1) is 0 Å². The molecule has 3 N–H and O–H groups in total. The fourth-order valence-electron chi connectivity index (χ4n) is 1.76. The Morgan fingerprint density at radius 3 is 2.88 bits per heavy atom. The number of anilines is 1. The van der Waals surface area contributed by atoms with Crippen LogP contribution in [0.4, 0.5) is 5.82 Å². The van der Waals surface area contributed by atoms with Crippen molar-refractivity contribution in [3.63, 3.8) is 0 Å². The van der Waals surface area contributed by atoms with E-state index in [1.54, 1.807) is 17.1 Å². The predicted octanol–water partition coefficient (Wildman–Crippen LogP) is 1.84. The summed E-state index contributed by atoms with van der Waals surface area (Å²) in [5.41, 5.74) is 8.71. The third kappa shape index (κ3) is 1.67. The van der Waals surface area contributed by atoms with Gasteiger partial charge in [0.25, 0.3) is 0 Å². The number of nitrogens with two attached hydrogens (primary N) is 1. The number of H-pyrrole nitrogens is 1. The van der Waals surface area contributed by atoms with Gasteiger partial charge in [0.05, 0.1) is 11.9 Å². The first-order chi connectivity index (χ1) is 8.34. The molecule has 0 aliphatic carbocycles.